The summed E-state index contributed by atoms with van der Waals surface area (Å²) in [5, 5.41) is 12.3. The molecule has 28 heavy (non-hydrogen) atoms. The molecule has 0 saturated heterocycles. The molecular weight excluding hydrogens is 350 g/mol. The second kappa shape index (κ2) is 12.0. The molecule has 0 aliphatic rings. The van der Waals surface area contributed by atoms with Crippen molar-refractivity contribution in [2.45, 2.75) is 65.2 Å². The van der Waals surface area contributed by atoms with Gasteiger partial charge < -0.3 is 9.94 Å². The van der Waals surface area contributed by atoms with Crippen molar-refractivity contribution >= 4 is 11.7 Å². The van der Waals surface area contributed by atoms with E-state index in [4.69, 9.17) is 9.94 Å². The average molecular weight is 382 g/mol. The van der Waals surface area contributed by atoms with Crippen LogP contribution in [0.1, 0.15) is 62.1 Å². The Hall–Kier alpha value is -2.62. The molecule has 0 aromatic heterocycles. The van der Waals surface area contributed by atoms with Gasteiger partial charge in [-0.3, -0.25) is 0 Å². The van der Waals surface area contributed by atoms with Crippen LogP contribution in [0.5, 0.6) is 5.75 Å². The molecule has 0 aliphatic carbocycles. The predicted molar refractivity (Wildman–Crippen MR) is 113 cm³/mol. The average Bonchev–Trinajstić information content (AvgIpc) is 2.70. The lowest BCUT2D eigenvalue weighted by molar-refractivity contribution is -0.127. The molecule has 0 heterocycles. The van der Waals surface area contributed by atoms with Crippen LogP contribution in [0, 0.1) is 6.92 Å². The first-order valence-electron chi connectivity index (χ1n) is 10.2. The van der Waals surface area contributed by atoms with Crippen molar-refractivity contribution < 1.29 is 14.7 Å². The molecule has 4 heteroatoms. The van der Waals surface area contributed by atoms with Crippen LogP contribution in [0.4, 0.5) is 0 Å². The molecule has 2 rings (SSSR count). The molecule has 0 radical (unpaired) electrons. The first-order valence-corrected chi connectivity index (χ1v) is 10.2. The highest BCUT2D eigenvalue weighted by molar-refractivity contribution is 6.36. The normalized spacial score (nSPS) is 11.4. The monoisotopic (exact) mass is 381 g/mol. The van der Waals surface area contributed by atoms with Crippen LogP contribution in [0.25, 0.3) is 0 Å². The molecule has 0 atom stereocenters. The van der Waals surface area contributed by atoms with Crippen molar-refractivity contribution in [2.75, 3.05) is 0 Å². The van der Waals surface area contributed by atoms with Gasteiger partial charge in [-0.2, -0.15) is 0 Å². The van der Waals surface area contributed by atoms with E-state index in [0.29, 0.717) is 12.2 Å². The SMILES string of the molecule is CCc1ccccc1CCCCCCCC(=NO)C(=O)Oc1cccc(C)c1. The van der Waals surface area contributed by atoms with Gasteiger partial charge in [-0.25, -0.2) is 4.79 Å². The molecule has 0 fully saturated rings. The summed E-state index contributed by atoms with van der Waals surface area (Å²) in [7, 11) is 0. The summed E-state index contributed by atoms with van der Waals surface area (Å²) in [6.07, 6.45) is 7.90. The number of unbranched alkanes of at least 4 members (excludes halogenated alkanes) is 4. The zero-order valence-electron chi connectivity index (χ0n) is 17.0. The van der Waals surface area contributed by atoms with E-state index in [1.165, 1.54) is 17.5 Å². The molecule has 2 aromatic carbocycles. The first-order chi connectivity index (χ1) is 13.6. The number of esters is 1. The quantitative estimate of drug-likeness (QED) is 0.132. The van der Waals surface area contributed by atoms with Crippen molar-refractivity contribution in [3.63, 3.8) is 0 Å². The fourth-order valence-electron chi connectivity index (χ4n) is 3.32. The zero-order valence-corrected chi connectivity index (χ0v) is 17.0. The third-order valence-electron chi connectivity index (χ3n) is 4.92. The van der Waals surface area contributed by atoms with Gasteiger partial charge in [-0.05, 0) is 61.4 Å². The Balaban J connectivity index is 1.64. The Morgan fingerprint density at radius 1 is 0.964 bits per heavy atom. The predicted octanol–water partition coefficient (Wildman–Crippen LogP) is 5.88. The maximum Gasteiger partial charge on any atom is 0.361 e. The minimum Gasteiger partial charge on any atom is -0.422 e. The van der Waals surface area contributed by atoms with E-state index < -0.39 is 5.97 Å². The number of carbonyl (C=O) groups is 1. The highest BCUT2D eigenvalue weighted by atomic mass is 16.5. The lowest BCUT2D eigenvalue weighted by atomic mass is 9.99. The fraction of sp³-hybridized carbons (Fsp3) is 0.417. The molecule has 0 aliphatic heterocycles. The van der Waals surface area contributed by atoms with Gasteiger partial charge in [0.2, 0.25) is 0 Å². The largest absolute Gasteiger partial charge is 0.422 e. The molecule has 0 amide bonds. The van der Waals surface area contributed by atoms with Gasteiger partial charge in [0, 0.05) is 6.42 Å². The van der Waals surface area contributed by atoms with Gasteiger partial charge in [0.1, 0.15) is 5.75 Å². The first kappa shape index (κ1) is 21.7. The Labute approximate surface area is 168 Å². The number of oxime groups is 1. The van der Waals surface area contributed by atoms with Crippen LogP contribution in [-0.2, 0) is 17.6 Å². The summed E-state index contributed by atoms with van der Waals surface area (Å²) in [4.78, 5) is 12.1. The van der Waals surface area contributed by atoms with Gasteiger partial charge >= 0.3 is 5.97 Å². The maximum atomic E-state index is 12.1. The van der Waals surface area contributed by atoms with Gasteiger partial charge in [0.15, 0.2) is 5.71 Å². The Bertz CT molecular complexity index is 783. The van der Waals surface area contributed by atoms with Crippen molar-refractivity contribution in [3.8, 4) is 5.75 Å². The van der Waals surface area contributed by atoms with E-state index in [9.17, 15) is 4.79 Å². The Morgan fingerprint density at radius 2 is 1.68 bits per heavy atom. The number of rotatable bonds is 11. The van der Waals surface area contributed by atoms with Crippen LogP contribution < -0.4 is 4.74 Å². The second-order valence-corrected chi connectivity index (χ2v) is 7.14. The summed E-state index contributed by atoms with van der Waals surface area (Å²) < 4.78 is 5.28. The number of hydrogen-bond donors (Lipinski definition) is 1. The molecule has 2 aromatic rings. The summed E-state index contributed by atoms with van der Waals surface area (Å²) in [5.74, 6) is -0.109. The van der Waals surface area contributed by atoms with Gasteiger partial charge in [0.25, 0.3) is 0 Å². The smallest absolute Gasteiger partial charge is 0.361 e. The summed E-state index contributed by atoms with van der Waals surface area (Å²) in [5.41, 5.74) is 3.99. The lowest BCUT2D eigenvalue weighted by Gasteiger charge is -2.08. The fourth-order valence-corrected chi connectivity index (χ4v) is 3.32. The summed E-state index contributed by atoms with van der Waals surface area (Å²) >= 11 is 0. The topological polar surface area (TPSA) is 58.9 Å². The minimum absolute atomic E-state index is 0.0818. The Morgan fingerprint density at radius 3 is 2.39 bits per heavy atom. The number of ether oxygens (including phenoxy) is 1. The number of carbonyl (C=O) groups excluding carboxylic acids is 1. The van der Waals surface area contributed by atoms with Crippen LogP contribution in [0.15, 0.2) is 53.7 Å². The number of benzene rings is 2. The van der Waals surface area contributed by atoms with Crippen molar-refractivity contribution in [1.29, 1.82) is 0 Å². The number of hydrogen-bond acceptors (Lipinski definition) is 4. The van der Waals surface area contributed by atoms with Crippen LogP contribution >= 0.6 is 0 Å². The molecule has 0 bridgehead atoms. The summed E-state index contributed by atoms with van der Waals surface area (Å²) in [6, 6.07) is 15.9. The van der Waals surface area contributed by atoms with Crippen molar-refractivity contribution in [3.05, 3.63) is 65.2 Å². The molecule has 1 N–H and O–H groups in total. The third-order valence-corrected chi connectivity index (χ3v) is 4.92. The van der Waals surface area contributed by atoms with E-state index in [1.807, 2.05) is 19.1 Å². The molecular formula is C24H31NO3. The van der Waals surface area contributed by atoms with Gasteiger partial charge in [-0.1, -0.05) is 67.7 Å². The van der Waals surface area contributed by atoms with Crippen molar-refractivity contribution in [1.82, 2.24) is 0 Å². The molecule has 0 spiro atoms. The minimum atomic E-state index is -0.579. The molecule has 150 valence electrons. The lowest BCUT2D eigenvalue weighted by Crippen LogP contribution is -2.20. The maximum absolute atomic E-state index is 12.1. The Kier molecular flexibility index (Phi) is 9.26. The van der Waals surface area contributed by atoms with Gasteiger partial charge in [-0.15, -0.1) is 0 Å². The third kappa shape index (κ3) is 7.18. The molecule has 0 unspecified atom stereocenters. The highest BCUT2D eigenvalue weighted by Gasteiger charge is 2.14. The van der Waals surface area contributed by atoms with E-state index in [1.54, 1.807) is 12.1 Å². The second-order valence-electron chi connectivity index (χ2n) is 7.14. The highest BCUT2D eigenvalue weighted by Crippen LogP contribution is 2.16. The van der Waals surface area contributed by atoms with E-state index in [-0.39, 0.29) is 5.71 Å². The standard InChI is InChI=1S/C24H31NO3/c1-3-20-13-9-10-15-21(20)14-7-5-4-6-8-17-23(25-27)24(26)28-22-16-11-12-19(2)18-22/h9-13,15-16,18,27H,3-8,14,17H2,1-2H3. The van der Waals surface area contributed by atoms with E-state index >= 15 is 0 Å². The number of aryl methyl sites for hydroxylation is 3. The van der Waals surface area contributed by atoms with Crippen LogP contribution in [0.2, 0.25) is 0 Å². The van der Waals surface area contributed by atoms with Crippen LogP contribution in [-0.4, -0.2) is 16.9 Å². The molecule has 4 nitrogen and oxygen atoms in total. The van der Waals surface area contributed by atoms with Gasteiger partial charge in [0.05, 0.1) is 0 Å². The van der Waals surface area contributed by atoms with E-state index in [2.05, 4.69) is 36.3 Å². The van der Waals surface area contributed by atoms with Crippen LogP contribution in [0.3, 0.4) is 0 Å². The molecule has 0 saturated carbocycles. The van der Waals surface area contributed by atoms with E-state index in [0.717, 1.165) is 44.1 Å². The van der Waals surface area contributed by atoms with Crippen molar-refractivity contribution in [2.24, 2.45) is 5.16 Å². The zero-order chi connectivity index (χ0) is 20.2. The summed E-state index contributed by atoms with van der Waals surface area (Å²) in [6.45, 7) is 4.13. The number of nitrogens with zero attached hydrogens (tertiary/aromatic N) is 1.